The first-order valence-electron chi connectivity index (χ1n) is 9.64. The number of aromatic amines is 1. The largest absolute Gasteiger partial charge is 0.486 e. The highest BCUT2D eigenvalue weighted by Crippen LogP contribution is 2.20. The van der Waals surface area contributed by atoms with E-state index in [2.05, 4.69) is 9.97 Å². The molecule has 2 heterocycles. The number of imidazole rings is 1. The van der Waals surface area contributed by atoms with Gasteiger partial charge in [-0.1, -0.05) is 18.2 Å². The lowest BCUT2D eigenvalue weighted by Crippen LogP contribution is -2.36. The maximum Gasteiger partial charge on any atom is 0.290 e. The number of rotatable bonds is 9. The fourth-order valence-electron chi connectivity index (χ4n) is 2.95. The van der Waals surface area contributed by atoms with Crippen molar-refractivity contribution in [2.24, 2.45) is 0 Å². The third-order valence-corrected chi connectivity index (χ3v) is 4.67. The Morgan fingerprint density at radius 3 is 2.59 bits per heavy atom. The molecule has 1 amide bonds. The Kier molecular flexibility index (Phi) is 6.72. The Hall–Kier alpha value is -3.06. The monoisotopic (exact) mass is 396 g/mol. The molecule has 0 saturated carbocycles. The first-order chi connectivity index (χ1) is 13.9. The Morgan fingerprint density at radius 1 is 1.17 bits per heavy atom. The van der Waals surface area contributed by atoms with E-state index >= 15 is 0 Å². The SMILES string of the molecule is Cc1cc(COc2ccccc2)oc1C(=O)N(CCN(C)C)Cc1nc[nH]c1C. The summed E-state index contributed by atoms with van der Waals surface area (Å²) in [4.78, 5) is 24.5. The number of nitrogens with one attached hydrogen (secondary N) is 1. The number of H-pyrrole nitrogens is 1. The number of ether oxygens (including phenoxy) is 1. The molecule has 0 aliphatic heterocycles. The zero-order valence-electron chi connectivity index (χ0n) is 17.4. The fourth-order valence-corrected chi connectivity index (χ4v) is 2.95. The summed E-state index contributed by atoms with van der Waals surface area (Å²) in [7, 11) is 3.97. The molecular weight excluding hydrogens is 368 g/mol. The second kappa shape index (κ2) is 9.43. The highest BCUT2D eigenvalue weighted by atomic mass is 16.5. The van der Waals surface area contributed by atoms with Gasteiger partial charge in [0.2, 0.25) is 0 Å². The number of amides is 1. The Balaban J connectivity index is 1.74. The number of hydrogen-bond acceptors (Lipinski definition) is 5. The lowest BCUT2D eigenvalue weighted by molar-refractivity contribution is 0.0692. The first kappa shape index (κ1) is 20.7. The van der Waals surface area contributed by atoms with E-state index in [-0.39, 0.29) is 12.5 Å². The molecule has 3 aromatic rings. The third kappa shape index (κ3) is 5.48. The van der Waals surface area contributed by atoms with Gasteiger partial charge in [0.25, 0.3) is 5.91 Å². The molecule has 0 saturated heterocycles. The molecule has 7 nitrogen and oxygen atoms in total. The fraction of sp³-hybridized carbons (Fsp3) is 0.364. The zero-order chi connectivity index (χ0) is 20.8. The van der Waals surface area contributed by atoms with Crippen molar-refractivity contribution in [2.45, 2.75) is 27.0 Å². The van der Waals surface area contributed by atoms with Crippen molar-refractivity contribution >= 4 is 5.91 Å². The predicted octanol–water partition coefficient (Wildman–Crippen LogP) is 3.40. The molecule has 0 radical (unpaired) electrons. The molecule has 1 N–H and O–H groups in total. The molecule has 29 heavy (non-hydrogen) atoms. The molecule has 0 atom stereocenters. The van der Waals surface area contributed by atoms with Gasteiger partial charge in [0.15, 0.2) is 5.76 Å². The normalized spacial score (nSPS) is 11.1. The van der Waals surface area contributed by atoms with E-state index in [1.807, 2.05) is 69.2 Å². The highest BCUT2D eigenvalue weighted by Gasteiger charge is 2.24. The summed E-state index contributed by atoms with van der Waals surface area (Å²) in [5.41, 5.74) is 2.62. The van der Waals surface area contributed by atoms with E-state index in [1.54, 1.807) is 11.2 Å². The number of nitrogens with zero attached hydrogens (tertiary/aromatic N) is 3. The molecule has 0 spiro atoms. The number of furan rings is 1. The van der Waals surface area contributed by atoms with Gasteiger partial charge >= 0.3 is 0 Å². The summed E-state index contributed by atoms with van der Waals surface area (Å²) in [6, 6.07) is 11.4. The van der Waals surface area contributed by atoms with Gasteiger partial charge in [0.1, 0.15) is 18.1 Å². The van der Waals surface area contributed by atoms with Crippen LogP contribution < -0.4 is 4.74 Å². The van der Waals surface area contributed by atoms with E-state index in [1.165, 1.54) is 0 Å². The summed E-state index contributed by atoms with van der Waals surface area (Å²) in [6.45, 7) is 5.86. The standard InChI is InChI=1S/C22H28N4O3/c1-16-12-19(14-28-18-8-6-5-7-9-18)29-21(16)22(27)26(11-10-25(3)4)13-20-17(2)23-15-24-20/h5-9,12,15H,10-11,13-14H2,1-4H3,(H,23,24). The Labute approximate surface area is 171 Å². The Bertz CT molecular complexity index is 931. The molecule has 7 heteroatoms. The van der Waals surface area contributed by atoms with Crippen LogP contribution in [0.15, 0.2) is 47.1 Å². The van der Waals surface area contributed by atoms with E-state index in [0.717, 1.165) is 29.2 Å². The Morgan fingerprint density at radius 2 is 1.93 bits per heavy atom. The van der Waals surface area contributed by atoms with Crippen LogP contribution in [0.2, 0.25) is 0 Å². The van der Waals surface area contributed by atoms with Crippen molar-refractivity contribution in [1.29, 1.82) is 0 Å². The minimum Gasteiger partial charge on any atom is -0.486 e. The van der Waals surface area contributed by atoms with Crippen LogP contribution in [0.1, 0.15) is 33.3 Å². The quantitative estimate of drug-likeness (QED) is 0.600. The predicted molar refractivity (Wildman–Crippen MR) is 111 cm³/mol. The molecule has 2 aromatic heterocycles. The average Bonchev–Trinajstić information content (AvgIpc) is 3.28. The van der Waals surface area contributed by atoms with Crippen molar-refractivity contribution in [1.82, 2.24) is 19.8 Å². The molecule has 0 bridgehead atoms. The van der Waals surface area contributed by atoms with Crippen LogP contribution >= 0.6 is 0 Å². The first-order valence-corrected chi connectivity index (χ1v) is 9.64. The van der Waals surface area contributed by atoms with E-state index in [4.69, 9.17) is 9.15 Å². The summed E-state index contributed by atoms with van der Waals surface area (Å²) < 4.78 is 11.6. The van der Waals surface area contributed by atoms with Gasteiger partial charge in [-0.3, -0.25) is 4.79 Å². The number of aryl methyl sites for hydroxylation is 2. The van der Waals surface area contributed by atoms with Crippen molar-refractivity contribution in [3.05, 3.63) is 71.2 Å². The maximum absolute atomic E-state index is 13.2. The molecule has 154 valence electrons. The number of carbonyl (C=O) groups excluding carboxylic acids is 1. The van der Waals surface area contributed by atoms with Crippen molar-refractivity contribution in [3.8, 4) is 5.75 Å². The molecular formula is C22H28N4O3. The van der Waals surface area contributed by atoms with Crippen LogP contribution in [0.25, 0.3) is 0 Å². The molecule has 0 fully saturated rings. The maximum atomic E-state index is 13.2. The van der Waals surface area contributed by atoms with Gasteiger partial charge in [-0.2, -0.15) is 0 Å². The minimum absolute atomic E-state index is 0.141. The number of aromatic nitrogens is 2. The number of benzene rings is 1. The van der Waals surface area contributed by atoms with Crippen LogP contribution in [0, 0.1) is 13.8 Å². The minimum atomic E-state index is -0.141. The van der Waals surface area contributed by atoms with Gasteiger partial charge in [0, 0.05) is 24.3 Å². The smallest absolute Gasteiger partial charge is 0.290 e. The molecule has 0 aliphatic rings. The lowest BCUT2D eigenvalue weighted by atomic mass is 10.2. The van der Waals surface area contributed by atoms with Gasteiger partial charge in [-0.05, 0) is 46.1 Å². The summed E-state index contributed by atoms with van der Waals surface area (Å²) >= 11 is 0. The number of carbonyl (C=O) groups is 1. The summed E-state index contributed by atoms with van der Waals surface area (Å²) in [5, 5.41) is 0. The number of hydrogen-bond donors (Lipinski definition) is 1. The van der Waals surface area contributed by atoms with Crippen LogP contribution in [-0.2, 0) is 13.2 Å². The molecule has 0 unspecified atom stereocenters. The van der Waals surface area contributed by atoms with E-state index in [0.29, 0.717) is 24.6 Å². The van der Waals surface area contributed by atoms with Crippen LogP contribution in [0.3, 0.4) is 0 Å². The van der Waals surface area contributed by atoms with Crippen LogP contribution in [0.4, 0.5) is 0 Å². The van der Waals surface area contributed by atoms with Gasteiger partial charge in [0.05, 0.1) is 18.6 Å². The molecule has 3 rings (SSSR count). The number of likely N-dealkylation sites (N-methyl/N-ethyl adjacent to an activating group) is 1. The lowest BCUT2D eigenvalue weighted by Gasteiger charge is -2.23. The highest BCUT2D eigenvalue weighted by molar-refractivity contribution is 5.93. The van der Waals surface area contributed by atoms with Crippen molar-refractivity contribution in [2.75, 3.05) is 27.2 Å². The average molecular weight is 396 g/mol. The molecule has 1 aromatic carbocycles. The van der Waals surface area contributed by atoms with Gasteiger partial charge in [-0.15, -0.1) is 0 Å². The van der Waals surface area contributed by atoms with E-state index < -0.39 is 0 Å². The van der Waals surface area contributed by atoms with Crippen LogP contribution in [-0.4, -0.2) is 52.9 Å². The van der Waals surface area contributed by atoms with Crippen LogP contribution in [0.5, 0.6) is 5.75 Å². The van der Waals surface area contributed by atoms with Gasteiger partial charge < -0.3 is 23.9 Å². The third-order valence-electron chi connectivity index (χ3n) is 4.67. The van der Waals surface area contributed by atoms with Gasteiger partial charge in [-0.25, -0.2) is 4.98 Å². The summed E-state index contributed by atoms with van der Waals surface area (Å²) in [6.07, 6.45) is 1.65. The summed E-state index contributed by atoms with van der Waals surface area (Å²) in [5.74, 6) is 1.59. The van der Waals surface area contributed by atoms with Crippen molar-refractivity contribution < 1.29 is 13.9 Å². The second-order valence-corrected chi connectivity index (χ2v) is 7.33. The molecule has 0 aliphatic carbocycles. The second-order valence-electron chi connectivity index (χ2n) is 7.33. The van der Waals surface area contributed by atoms with Crippen molar-refractivity contribution in [3.63, 3.8) is 0 Å². The topological polar surface area (TPSA) is 74.6 Å². The van der Waals surface area contributed by atoms with E-state index in [9.17, 15) is 4.79 Å². The number of para-hydroxylation sites is 1. The zero-order valence-corrected chi connectivity index (χ0v) is 17.4.